The van der Waals surface area contributed by atoms with Crippen LogP contribution in [0, 0.1) is 0 Å². The van der Waals surface area contributed by atoms with E-state index < -0.39 is 37.8 Å². The van der Waals surface area contributed by atoms with Crippen LogP contribution in [0.15, 0.2) is 11.0 Å². The van der Waals surface area contributed by atoms with E-state index in [9.17, 15) is 18.3 Å². The number of rotatable bonds is 3. The summed E-state index contributed by atoms with van der Waals surface area (Å²) in [6.45, 7) is 0.601. The molecule has 0 bridgehead atoms. The van der Waals surface area contributed by atoms with Crippen molar-refractivity contribution in [1.82, 2.24) is 5.32 Å². The molecule has 0 aromatic heterocycles. The van der Waals surface area contributed by atoms with Crippen molar-refractivity contribution in [2.45, 2.75) is 23.8 Å². The van der Waals surface area contributed by atoms with Crippen molar-refractivity contribution < 1.29 is 22.5 Å². The maximum atomic E-state index is 12.0. The fraction of sp³-hybridized carbons (Fsp3) is 0.364. The van der Waals surface area contributed by atoms with Crippen LogP contribution in [-0.2, 0) is 19.1 Å². The zero-order chi connectivity index (χ0) is 15.8. The number of phenols is 1. The first kappa shape index (κ1) is 16.6. The molecule has 6 nitrogen and oxygen atoms in total. The van der Waals surface area contributed by atoms with Gasteiger partial charge in [-0.2, -0.15) is 8.42 Å². The van der Waals surface area contributed by atoms with Crippen LogP contribution in [0.1, 0.15) is 12.8 Å². The van der Waals surface area contributed by atoms with E-state index in [1.807, 2.05) is 0 Å². The number of benzene rings is 1. The van der Waals surface area contributed by atoms with Crippen LogP contribution in [0.3, 0.4) is 0 Å². The Kier molecular flexibility index (Phi) is 4.89. The van der Waals surface area contributed by atoms with E-state index in [0.717, 1.165) is 12.5 Å². The molecule has 0 spiro atoms. The summed E-state index contributed by atoms with van der Waals surface area (Å²) in [4.78, 5) is 11.0. The quantitative estimate of drug-likeness (QED) is 0.623. The lowest BCUT2D eigenvalue weighted by Gasteiger charge is -2.12. The van der Waals surface area contributed by atoms with Crippen molar-refractivity contribution in [3.8, 4) is 5.75 Å². The minimum atomic E-state index is -4.56. The van der Waals surface area contributed by atoms with E-state index in [1.54, 1.807) is 0 Å². The Labute approximate surface area is 136 Å². The van der Waals surface area contributed by atoms with Gasteiger partial charge in [-0.25, -0.2) is 4.79 Å². The van der Waals surface area contributed by atoms with E-state index in [0.29, 0.717) is 13.0 Å². The summed E-state index contributed by atoms with van der Waals surface area (Å²) in [7, 11) is -4.56. The van der Waals surface area contributed by atoms with Crippen molar-refractivity contribution in [2.75, 3.05) is 6.54 Å². The average molecular weight is 375 g/mol. The van der Waals surface area contributed by atoms with Crippen LogP contribution in [0.25, 0.3) is 0 Å². The number of aromatic hydroxyl groups is 1. The van der Waals surface area contributed by atoms with Gasteiger partial charge in [0.25, 0.3) is 0 Å². The summed E-state index contributed by atoms with van der Waals surface area (Å²) in [6.07, 6.45) is 1.21. The molecule has 21 heavy (non-hydrogen) atoms. The summed E-state index contributed by atoms with van der Waals surface area (Å²) >= 11 is 17.1. The lowest BCUT2D eigenvalue weighted by Crippen LogP contribution is -2.33. The maximum Gasteiger partial charge on any atom is 0.345 e. The molecular weight excluding hydrogens is 365 g/mol. The molecule has 1 aromatic rings. The Morgan fingerprint density at radius 3 is 2.57 bits per heavy atom. The highest BCUT2D eigenvalue weighted by molar-refractivity contribution is 7.87. The smallest absolute Gasteiger partial charge is 0.345 e. The van der Waals surface area contributed by atoms with E-state index in [-0.39, 0.29) is 10.0 Å². The van der Waals surface area contributed by atoms with Crippen molar-refractivity contribution in [3.05, 3.63) is 21.1 Å². The highest BCUT2D eigenvalue weighted by Crippen LogP contribution is 2.41. The first-order valence-corrected chi connectivity index (χ1v) is 8.36. The lowest BCUT2D eigenvalue weighted by atomic mass is 10.2. The molecule has 1 saturated heterocycles. The first-order valence-electron chi connectivity index (χ1n) is 5.82. The molecule has 1 aliphatic heterocycles. The standard InChI is InChI=1S/C11H10Cl3NO5S/c12-5-4-7(10(16)9(14)8(5)13)21(18,19)20-11(17)6-2-1-3-15-6/h4,6,15-16H,1-3H2/t6-/m0/s1. The molecule has 1 aliphatic rings. The lowest BCUT2D eigenvalue weighted by molar-refractivity contribution is -0.135. The van der Waals surface area contributed by atoms with E-state index >= 15 is 0 Å². The van der Waals surface area contributed by atoms with Crippen LogP contribution in [-0.4, -0.2) is 32.1 Å². The molecule has 1 atom stereocenters. The number of carbonyl (C=O) groups excluding carboxylic acids is 1. The molecule has 2 N–H and O–H groups in total. The molecule has 10 heteroatoms. The fourth-order valence-corrected chi connectivity index (χ4v) is 3.59. The summed E-state index contributed by atoms with van der Waals surface area (Å²) in [5.74, 6) is -1.77. The molecule has 1 heterocycles. The fourth-order valence-electron chi connectivity index (χ4n) is 1.85. The van der Waals surface area contributed by atoms with Gasteiger partial charge in [-0.05, 0) is 25.5 Å². The van der Waals surface area contributed by atoms with Crippen LogP contribution >= 0.6 is 34.8 Å². The van der Waals surface area contributed by atoms with Gasteiger partial charge in [0.2, 0.25) is 0 Å². The van der Waals surface area contributed by atoms with E-state index in [2.05, 4.69) is 9.50 Å². The highest BCUT2D eigenvalue weighted by Gasteiger charge is 2.32. The number of carbonyl (C=O) groups is 1. The Bertz CT molecular complexity index is 686. The van der Waals surface area contributed by atoms with Gasteiger partial charge >= 0.3 is 16.1 Å². The Morgan fingerprint density at radius 1 is 1.33 bits per heavy atom. The summed E-state index contributed by atoms with van der Waals surface area (Å²) < 4.78 is 28.6. The minimum absolute atomic E-state index is 0.187. The molecule has 116 valence electrons. The second-order valence-electron chi connectivity index (χ2n) is 4.34. The van der Waals surface area contributed by atoms with E-state index in [1.165, 1.54) is 0 Å². The molecule has 1 aromatic carbocycles. The van der Waals surface area contributed by atoms with Gasteiger partial charge in [-0.15, -0.1) is 0 Å². The topological polar surface area (TPSA) is 92.7 Å². The van der Waals surface area contributed by atoms with Crippen LogP contribution < -0.4 is 5.32 Å². The van der Waals surface area contributed by atoms with Gasteiger partial charge in [0, 0.05) is 0 Å². The van der Waals surface area contributed by atoms with Gasteiger partial charge in [-0.1, -0.05) is 34.8 Å². The number of nitrogens with one attached hydrogen (secondary N) is 1. The summed E-state index contributed by atoms with van der Waals surface area (Å²) in [6, 6.07) is 0.177. The van der Waals surface area contributed by atoms with E-state index in [4.69, 9.17) is 34.8 Å². The minimum Gasteiger partial charge on any atom is -0.505 e. The van der Waals surface area contributed by atoms with Gasteiger partial charge < -0.3 is 14.6 Å². The largest absolute Gasteiger partial charge is 0.505 e. The van der Waals surface area contributed by atoms with Crippen LogP contribution in [0.5, 0.6) is 5.75 Å². The highest BCUT2D eigenvalue weighted by atomic mass is 35.5. The van der Waals surface area contributed by atoms with Gasteiger partial charge in [-0.3, -0.25) is 0 Å². The molecule has 0 radical (unpaired) electrons. The molecule has 0 amide bonds. The van der Waals surface area contributed by atoms with Crippen molar-refractivity contribution in [3.63, 3.8) is 0 Å². The third kappa shape index (κ3) is 3.37. The third-order valence-corrected chi connectivity index (χ3v) is 5.39. The zero-order valence-corrected chi connectivity index (χ0v) is 13.5. The van der Waals surface area contributed by atoms with Crippen LogP contribution in [0.2, 0.25) is 15.1 Å². The number of phenolic OH excluding ortho intramolecular Hbond substituents is 1. The molecule has 0 saturated carbocycles. The molecule has 2 rings (SSSR count). The first-order chi connectivity index (χ1) is 9.74. The molecule has 0 aliphatic carbocycles. The number of halogens is 3. The SMILES string of the molecule is O=C(OS(=O)(=O)c1cc(Cl)c(Cl)c(Cl)c1O)[C@@H]1CCCN1. The summed E-state index contributed by atoms with van der Waals surface area (Å²) in [5, 5.41) is 11.7. The Hall–Kier alpha value is -0.730. The maximum absolute atomic E-state index is 12.0. The second kappa shape index (κ2) is 6.18. The number of hydrogen-bond donors (Lipinski definition) is 2. The predicted molar refractivity (Wildman–Crippen MR) is 77.4 cm³/mol. The predicted octanol–water partition coefficient (Wildman–Crippen LogP) is 2.34. The normalized spacial score (nSPS) is 18.7. The monoisotopic (exact) mass is 373 g/mol. The molecular formula is C11H10Cl3NO5S. The average Bonchev–Trinajstić information content (AvgIpc) is 2.94. The number of hydrogen-bond acceptors (Lipinski definition) is 6. The third-order valence-electron chi connectivity index (χ3n) is 2.91. The zero-order valence-electron chi connectivity index (χ0n) is 10.4. The molecule has 0 unspecified atom stereocenters. The van der Waals surface area contributed by atoms with Crippen molar-refractivity contribution >= 4 is 50.9 Å². The van der Waals surface area contributed by atoms with Crippen molar-refractivity contribution in [1.29, 1.82) is 0 Å². The van der Waals surface area contributed by atoms with Gasteiger partial charge in [0.1, 0.15) is 11.1 Å². The van der Waals surface area contributed by atoms with Crippen molar-refractivity contribution in [2.24, 2.45) is 0 Å². The molecule has 1 fully saturated rings. The van der Waals surface area contributed by atoms with Gasteiger partial charge in [0.05, 0.1) is 10.0 Å². The van der Waals surface area contributed by atoms with Gasteiger partial charge in [0.15, 0.2) is 10.6 Å². The Balaban J connectivity index is 2.34. The summed E-state index contributed by atoms with van der Waals surface area (Å²) in [5.41, 5.74) is 0. The second-order valence-corrected chi connectivity index (χ2v) is 7.02. The Morgan fingerprint density at radius 2 is 2.00 bits per heavy atom. The van der Waals surface area contributed by atoms with Crippen LogP contribution in [0.4, 0.5) is 0 Å².